The van der Waals surface area contributed by atoms with E-state index in [1.54, 1.807) is 11.1 Å². The fourth-order valence-corrected chi connectivity index (χ4v) is 8.94. The van der Waals surface area contributed by atoms with Crippen molar-refractivity contribution in [1.82, 2.24) is 4.98 Å². The molecule has 0 atom stereocenters. The Bertz CT molecular complexity index is 1650. The van der Waals surface area contributed by atoms with Crippen LogP contribution in [-0.4, -0.2) is 4.98 Å². The number of unbranched alkanes of at least 4 members (excludes halogenated alkanes) is 10. The van der Waals surface area contributed by atoms with Crippen LogP contribution < -0.4 is 0 Å². The molecule has 0 saturated carbocycles. The third-order valence-electron chi connectivity index (χ3n) is 10.0. The van der Waals surface area contributed by atoms with E-state index in [2.05, 4.69) is 115 Å². The maximum atomic E-state index is 4.98. The van der Waals surface area contributed by atoms with Crippen LogP contribution in [0.1, 0.15) is 115 Å². The number of halogens is 1. The van der Waals surface area contributed by atoms with E-state index in [4.69, 9.17) is 4.98 Å². The number of hydrogen-bond acceptors (Lipinski definition) is 2. The lowest BCUT2D eigenvalue weighted by Gasteiger charge is -2.33. The number of thiophene rings is 1. The average molecular weight is 679 g/mol. The van der Waals surface area contributed by atoms with Crippen molar-refractivity contribution in [3.05, 3.63) is 101 Å². The molecule has 6 rings (SSSR count). The lowest BCUT2D eigenvalue weighted by molar-refractivity contribution is 0.398. The number of hydrogen-bond donors (Lipinski definition) is 0. The van der Waals surface area contributed by atoms with Gasteiger partial charge in [0.25, 0.3) is 0 Å². The molecule has 0 radical (unpaired) electrons. The molecule has 3 heteroatoms. The van der Waals surface area contributed by atoms with Crippen molar-refractivity contribution >= 4 is 37.4 Å². The first-order valence-electron chi connectivity index (χ1n) is 17.5. The minimum atomic E-state index is 0.0738. The second-order valence-electron chi connectivity index (χ2n) is 13.1. The zero-order chi connectivity index (χ0) is 31.1. The van der Waals surface area contributed by atoms with Gasteiger partial charge >= 0.3 is 0 Å². The Morgan fingerprint density at radius 2 is 1.24 bits per heavy atom. The minimum Gasteiger partial charge on any atom is -0.255 e. The van der Waals surface area contributed by atoms with Crippen molar-refractivity contribution in [3.63, 3.8) is 0 Å². The molecule has 0 aliphatic heterocycles. The first-order valence-corrected chi connectivity index (χ1v) is 19.1. The van der Waals surface area contributed by atoms with Crippen molar-refractivity contribution in [1.29, 1.82) is 0 Å². The summed E-state index contributed by atoms with van der Waals surface area (Å²) in [4.78, 5) is 6.21. The largest absolute Gasteiger partial charge is 0.255 e. The van der Waals surface area contributed by atoms with E-state index in [1.807, 2.05) is 11.3 Å². The molecule has 234 valence electrons. The summed E-state index contributed by atoms with van der Waals surface area (Å²) in [5.41, 5.74) is 9.58. The van der Waals surface area contributed by atoms with Gasteiger partial charge in [-0.05, 0) is 82.4 Å². The fourth-order valence-electron chi connectivity index (χ4n) is 7.54. The molecular weight excluding hydrogens is 630 g/mol. The molecule has 2 aromatic heterocycles. The number of fused-ring (bicyclic) bond motifs is 4. The van der Waals surface area contributed by atoms with E-state index >= 15 is 0 Å². The smallest absolute Gasteiger partial charge is 0.0802 e. The van der Waals surface area contributed by atoms with Gasteiger partial charge in [-0.3, -0.25) is 4.98 Å². The Hall–Kier alpha value is -2.75. The first kappa shape index (κ1) is 32.2. The van der Waals surface area contributed by atoms with Gasteiger partial charge < -0.3 is 0 Å². The van der Waals surface area contributed by atoms with Crippen LogP contribution in [0.3, 0.4) is 0 Å². The number of nitrogens with zero attached hydrogens (tertiary/aromatic N) is 1. The van der Waals surface area contributed by atoms with Crippen molar-refractivity contribution in [2.24, 2.45) is 0 Å². The van der Waals surface area contributed by atoms with Crippen LogP contribution in [0, 0.1) is 0 Å². The third-order valence-corrected chi connectivity index (χ3v) is 11.6. The van der Waals surface area contributed by atoms with E-state index in [0.717, 1.165) is 5.69 Å². The number of pyridine rings is 1. The van der Waals surface area contributed by atoms with E-state index in [0.29, 0.717) is 0 Å². The average Bonchev–Trinajstić information content (AvgIpc) is 3.62. The molecule has 1 aliphatic rings. The molecule has 1 aliphatic carbocycles. The number of rotatable bonds is 16. The summed E-state index contributed by atoms with van der Waals surface area (Å²) in [5, 5.41) is 1.29. The van der Waals surface area contributed by atoms with E-state index < -0.39 is 0 Å². The standard InChI is InChI=1S/C42H48BrNS/c1-3-5-7-9-11-15-25-42(26-16-12-10-8-6-4-2)37-27-31(19-22-35(37)36-23-21-34(43)29-38(36)42)33-20-24-39(44-30-33)41-28-32-17-13-14-18-40(32)45-41/h13-14,17-24,27-30H,3-12,15-16,25-26H2,1-2H3. The summed E-state index contributed by atoms with van der Waals surface area (Å²) >= 11 is 5.69. The maximum Gasteiger partial charge on any atom is 0.0802 e. The van der Waals surface area contributed by atoms with Gasteiger partial charge in [-0.1, -0.05) is 149 Å². The third kappa shape index (κ3) is 7.15. The molecule has 0 amide bonds. The Kier molecular flexibility index (Phi) is 10.9. The van der Waals surface area contributed by atoms with Crippen molar-refractivity contribution in [3.8, 4) is 32.8 Å². The lowest BCUT2D eigenvalue weighted by Crippen LogP contribution is -2.25. The Morgan fingerprint density at radius 1 is 0.622 bits per heavy atom. The Labute approximate surface area is 283 Å². The van der Waals surface area contributed by atoms with Gasteiger partial charge in [0, 0.05) is 26.3 Å². The van der Waals surface area contributed by atoms with Crippen LogP contribution in [0.25, 0.3) is 42.9 Å². The molecule has 45 heavy (non-hydrogen) atoms. The molecule has 0 unspecified atom stereocenters. The van der Waals surface area contributed by atoms with E-state index in [1.165, 1.54) is 132 Å². The summed E-state index contributed by atoms with van der Waals surface area (Å²) in [5.74, 6) is 0. The predicted molar refractivity (Wildman–Crippen MR) is 200 cm³/mol. The normalized spacial score (nSPS) is 13.3. The summed E-state index contributed by atoms with van der Waals surface area (Å²) in [7, 11) is 0. The topological polar surface area (TPSA) is 12.9 Å². The Balaban J connectivity index is 1.32. The molecule has 1 nitrogen and oxygen atoms in total. The quantitative estimate of drug-likeness (QED) is 0.0947. The molecule has 0 fully saturated rings. The lowest BCUT2D eigenvalue weighted by atomic mass is 9.70. The predicted octanol–water partition coefficient (Wildman–Crippen LogP) is 14.2. The highest BCUT2D eigenvalue weighted by molar-refractivity contribution is 9.10. The van der Waals surface area contributed by atoms with Gasteiger partial charge in [-0.15, -0.1) is 11.3 Å². The molecule has 5 aromatic rings. The molecule has 2 heterocycles. The van der Waals surface area contributed by atoms with E-state index in [9.17, 15) is 0 Å². The molecule has 0 N–H and O–H groups in total. The molecule has 3 aromatic carbocycles. The van der Waals surface area contributed by atoms with Crippen LogP contribution in [0.2, 0.25) is 0 Å². The SMILES string of the molecule is CCCCCCCCC1(CCCCCCCC)c2cc(Br)ccc2-c2ccc(-c3ccc(-c4cc5ccccc5s4)nc3)cc21. The van der Waals surface area contributed by atoms with Crippen LogP contribution in [-0.2, 0) is 5.41 Å². The molecule has 0 saturated heterocycles. The Morgan fingerprint density at radius 3 is 1.91 bits per heavy atom. The molecule has 0 spiro atoms. The van der Waals surface area contributed by atoms with Gasteiger partial charge in [0.05, 0.1) is 10.6 Å². The van der Waals surface area contributed by atoms with Gasteiger partial charge in [0.2, 0.25) is 0 Å². The van der Waals surface area contributed by atoms with E-state index in [-0.39, 0.29) is 5.41 Å². The summed E-state index contributed by atoms with van der Waals surface area (Å²) in [6.45, 7) is 4.62. The second-order valence-corrected chi connectivity index (χ2v) is 15.1. The van der Waals surface area contributed by atoms with Crippen molar-refractivity contribution in [2.45, 2.75) is 109 Å². The van der Waals surface area contributed by atoms with Gasteiger partial charge in [0.15, 0.2) is 0 Å². The number of benzene rings is 3. The highest BCUT2D eigenvalue weighted by atomic mass is 79.9. The zero-order valence-electron chi connectivity index (χ0n) is 27.2. The second kappa shape index (κ2) is 15.2. The summed E-state index contributed by atoms with van der Waals surface area (Å²) in [6, 6.07) is 29.7. The van der Waals surface area contributed by atoms with Gasteiger partial charge in [0.1, 0.15) is 0 Å². The first-order chi connectivity index (χ1) is 22.1. The highest BCUT2D eigenvalue weighted by Crippen LogP contribution is 2.55. The number of aromatic nitrogens is 1. The van der Waals surface area contributed by atoms with Crippen LogP contribution in [0.15, 0.2) is 89.5 Å². The molecule has 0 bridgehead atoms. The minimum absolute atomic E-state index is 0.0738. The summed E-state index contributed by atoms with van der Waals surface area (Å²) < 4.78 is 2.51. The monoisotopic (exact) mass is 677 g/mol. The van der Waals surface area contributed by atoms with Crippen LogP contribution >= 0.6 is 27.3 Å². The van der Waals surface area contributed by atoms with Gasteiger partial charge in [-0.2, -0.15) is 0 Å². The van der Waals surface area contributed by atoms with Crippen LogP contribution in [0.4, 0.5) is 0 Å². The maximum absolute atomic E-state index is 4.98. The van der Waals surface area contributed by atoms with Crippen molar-refractivity contribution in [2.75, 3.05) is 0 Å². The molecular formula is C42H48BrNS. The van der Waals surface area contributed by atoms with Gasteiger partial charge in [-0.25, -0.2) is 0 Å². The van der Waals surface area contributed by atoms with Crippen molar-refractivity contribution < 1.29 is 0 Å². The fraction of sp³-hybridized carbons (Fsp3) is 0.405. The zero-order valence-corrected chi connectivity index (χ0v) is 29.6. The van der Waals surface area contributed by atoms with Crippen LogP contribution in [0.5, 0.6) is 0 Å². The summed E-state index contributed by atoms with van der Waals surface area (Å²) in [6.07, 6.45) is 20.6. The highest BCUT2D eigenvalue weighted by Gasteiger charge is 2.42.